The van der Waals surface area contributed by atoms with Gasteiger partial charge in [-0.25, -0.2) is 4.39 Å². The number of carbonyl (C=O) groups is 1. The summed E-state index contributed by atoms with van der Waals surface area (Å²) in [6.07, 6.45) is 0.362. The van der Waals surface area contributed by atoms with Crippen molar-refractivity contribution in [1.29, 1.82) is 0 Å². The maximum Gasteiger partial charge on any atom is 0.256 e. The van der Waals surface area contributed by atoms with Crippen molar-refractivity contribution in [2.45, 2.75) is 25.8 Å². The van der Waals surface area contributed by atoms with Gasteiger partial charge in [0.15, 0.2) is 5.84 Å². The highest BCUT2D eigenvalue weighted by atomic mass is 35.5. The van der Waals surface area contributed by atoms with Gasteiger partial charge in [-0.2, -0.15) is 0 Å². The van der Waals surface area contributed by atoms with Crippen LogP contribution in [0, 0.1) is 5.82 Å². The van der Waals surface area contributed by atoms with E-state index in [9.17, 15) is 9.18 Å². The smallest absolute Gasteiger partial charge is 0.256 e. The summed E-state index contributed by atoms with van der Waals surface area (Å²) in [4.78, 5) is 12.1. The second kappa shape index (κ2) is 5.88. The molecular formula is C12H15ClFN3O2. The van der Waals surface area contributed by atoms with Gasteiger partial charge in [0.25, 0.3) is 5.91 Å². The van der Waals surface area contributed by atoms with Crippen molar-refractivity contribution in [2.75, 3.05) is 0 Å². The first-order valence-electron chi connectivity index (χ1n) is 5.60. The molecule has 5 nitrogen and oxygen atoms in total. The van der Waals surface area contributed by atoms with E-state index in [0.29, 0.717) is 6.42 Å². The van der Waals surface area contributed by atoms with Gasteiger partial charge in [-0.1, -0.05) is 29.7 Å². The highest BCUT2D eigenvalue weighted by Gasteiger charge is 2.31. The number of nitrogens with two attached hydrogens (primary N) is 1. The van der Waals surface area contributed by atoms with Crippen LogP contribution < -0.4 is 11.1 Å². The Labute approximate surface area is 115 Å². The van der Waals surface area contributed by atoms with Crippen molar-refractivity contribution in [2.24, 2.45) is 10.9 Å². The lowest BCUT2D eigenvalue weighted by Gasteiger charge is -2.28. The number of hydrogen-bond acceptors (Lipinski definition) is 3. The number of nitrogens with one attached hydrogen (secondary N) is 1. The van der Waals surface area contributed by atoms with Crippen LogP contribution in [-0.2, 0) is 0 Å². The number of oxime groups is 1. The summed E-state index contributed by atoms with van der Waals surface area (Å²) < 4.78 is 13.6. The zero-order valence-corrected chi connectivity index (χ0v) is 11.3. The van der Waals surface area contributed by atoms with Crippen molar-refractivity contribution in [3.8, 4) is 0 Å². The van der Waals surface area contributed by atoms with Crippen molar-refractivity contribution >= 4 is 23.3 Å². The second-order valence-corrected chi connectivity index (χ2v) is 4.63. The predicted molar refractivity (Wildman–Crippen MR) is 71.0 cm³/mol. The Hall–Kier alpha value is -1.82. The molecule has 0 saturated heterocycles. The van der Waals surface area contributed by atoms with Gasteiger partial charge in [0.2, 0.25) is 0 Å². The lowest BCUT2D eigenvalue weighted by atomic mass is 9.96. The minimum absolute atomic E-state index is 0.00420. The molecule has 0 saturated carbocycles. The molecule has 0 heterocycles. The molecule has 0 spiro atoms. The quantitative estimate of drug-likeness (QED) is 0.343. The van der Waals surface area contributed by atoms with E-state index < -0.39 is 17.3 Å². The van der Waals surface area contributed by atoms with Crippen LogP contribution in [0.4, 0.5) is 4.39 Å². The lowest BCUT2D eigenvalue weighted by molar-refractivity contribution is 0.0921. The largest absolute Gasteiger partial charge is 0.409 e. The van der Waals surface area contributed by atoms with Crippen LogP contribution in [0.5, 0.6) is 0 Å². The van der Waals surface area contributed by atoms with E-state index >= 15 is 0 Å². The van der Waals surface area contributed by atoms with Crippen LogP contribution >= 0.6 is 11.6 Å². The zero-order valence-electron chi connectivity index (χ0n) is 10.6. The Balaban J connectivity index is 3.09. The van der Waals surface area contributed by atoms with Crippen molar-refractivity contribution in [1.82, 2.24) is 5.32 Å². The molecule has 1 unspecified atom stereocenters. The van der Waals surface area contributed by atoms with Gasteiger partial charge in [0, 0.05) is 0 Å². The molecule has 19 heavy (non-hydrogen) atoms. The fourth-order valence-corrected chi connectivity index (χ4v) is 1.72. The number of amidine groups is 1. The molecule has 0 aliphatic rings. The van der Waals surface area contributed by atoms with Gasteiger partial charge in [0.1, 0.15) is 5.82 Å². The van der Waals surface area contributed by atoms with Crippen molar-refractivity contribution in [3.63, 3.8) is 0 Å². The van der Waals surface area contributed by atoms with Gasteiger partial charge in [-0.05, 0) is 25.5 Å². The zero-order chi connectivity index (χ0) is 14.6. The third-order valence-corrected chi connectivity index (χ3v) is 3.27. The molecule has 104 valence electrons. The molecule has 1 amide bonds. The van der Waals surface area contributed by atoms with Gasteiger partial charge >= 0.3 is 0 Å². The number of nitrogens with zero attached hydrogens (tertiary/aromatic N) is 1. The second-order valence-electron chi connectivity index (χ2n) is 4.22. The molecule has 4 N–H and O–H groups in total. The fraction of sp³-hybridized carbons (Fsp3) is 0.333. The summed E-state index contributed by atoms with van der Waals surface area (Å²) in [5.74, 6) is -1.63. The molecular weight excluding hydrogens is 273 g/mol. The molecule has 1 aromatic rings. The summed E-state index contributed by atoms with van der Waals surface area (Å²) in [6, 6.07) is 3.94. The minimum Gasteiger partial charge on any atom is -0.409 e. The maximum atomic E-state index is 13.6. The summed E-state index contributed by atoms with van der Waals surface area (Å²) in [7, 11) is 0. The average molecular weight is 288 g/mol. The first kappa shape index (κ1) is 15.2. The molecule has 0 aromatic heterocycles. The van der Waals surface area contributed by atoms with Crippen LogP contribution in [0.25, 0.3) is 0 Å². The molecule has 0 aliphatic carbocycles. The molecule has 1 atom stereocenters. The highest BCUT2D eigenvalue weighted by Crippen LogP contribution is 2.20. The summed E-state index contributed by atoms with van der Waals surface area (Å²) in [5, 5.41) is 14.1. The van der Waals surface area contributed by atoms with Crippen LogP contribution in [-0.4, -0.2) is 22.5 Å². The molecule has 0 aliphatic heterocycles. The van der Waals surface area contributed by atoms with E-state index in [-0.39, 0.29) is 16.4 Å². The van der Waals surface area contributed by atoms with Gasteiger partial charge in [0.05, 0.1) is 16.1 Å². The first-order valence-corrected chi connectivity index (χ1v) is 5.98. The van der Waals surface area contributed by atoms with Crippen LogP contribution in [0.15, 0.2) is 23.4 Å². The maximum absolute atomic E-state index is 13.6. The number of halogens is 2. The third-order valence-electron chi connectivity index (χ3n) is 2.96. The Morgan fingerprint density at radius 2 is 2.26 bits per heavy atom. The highest BCUT2D eigenvalue weighted by molar-refractivity contribution is 6.33. The summed E-state index contributed by atoms with van der Waals surface area (Å²) >= 11 is 5.80. The number of carbonyl (C=O) groups excluding carboxylic acids is 1. The standard InChI is InChI=1S/C12H15ClFN3O2/c1-3-12(2,11(15)17-19)16-10(18)9-7(13)5-4-6-8(9)14/h4-6,19H,3H2,1-2H3,(H2,15,17)(H,16,18). The Morgan fingerprint density at radius 3 is 2.74 bits per heavy atom. The van der Waals surface area contributed by atoms with E-state index in [0.717, 1.165) is 6.07 Å². The van der Waals surface area contributed by atoms with Gasteiger partial charge < -0.3 is 16.3 Å². The van der Waals surface area contributed by atoms with Crippen LogP contribution in [0.2, 0.25) is 5.02 Å². The lowest BCUT2D eigenvalue weighted by Crippen LogP contribution is -2.55. The summed E-state index contributed by atoms with van der Waals surface area (Å²) in [5.41, 5.74) is 4.17. The Bertz CT molecular complexity index is 501. The van der Waals surface area contributed by atoms with Crippen molar-refractivity contribution in [3.05, 3.63) is 34.6 Å². The van der Waals surface area contributed by atoms with E-state index in [2.05, 4.69) is 10.5 Å². The molecule has 0 fully saturated rings. The normalized spacial score (nSPS) is 14.8. The minimum atomic E-state index is -1.09. The van der Waals surface area contributed by atoms with E-state index in [1.165, 1.54) is 12.1 Å². The monoisotopic (exact) mass is 287 g/mol. The van der Waals surface area contributed by atoms with E-state index in [1.807, 2.05) is 0 Å². The topological polar surface area (TPSA) is 87.7 Å². The van der Waals surface area contributed by atoms with Crippen LogP contribution in [0.1, 0.15) is 30.6 Å². The SMILES string of the molecule is CCC(C)(NC(=O)c1c(F)cccc1Cl)/C(N)=N/O. The van der Waals surface area contributed by atoms with Gasteiger partial charge in [-0.3, -0.25) is 4.79 Å². The Morgan fingerprint density at radius 1 is 1.63 bits per heavy atom. The average Bonchev–Trinajstić information content (AvgIpc) is 2.37. The van der Waals surface area contributed by atoms with Gasteiger partial charge in [-0.15, -0.1) is 0 Å². The number of amides is 1. The molecule has 1 aromatic carbocycles. The van der Waals surface area contributed by atoms with E-state index in [4.69, 9.17) is 22.5 Å². The predicted octanol–water partition coefficient (Wildman–Crippen LogP) is 2.12. The van der Waals surface area contributed by atoms with E-state index in [1.54, 1.807) is 13.8 Å². The molecule has 0 radical (unpaired) electrons. The van der Waals surface area contributed by atoms with Crippen LogP contribution in [0.3, 0.4) is 0 Å². The molecule has 7 heteroatoms. The molecule has 1 rings (SSSR count). The number of rotatable bonds is 4. The number of hydrogen-bond donors (Lipinski definition) is 3. The third kappa shape index (κ3) is 3.14. The fourth-order valence-electron chi connectivity index (χ4n) is 1.47. The summed E-state index contributed by atoms with van der Waals surface area (Å²) in [6.45, 7) is 3.30. The van der Waals surface area contributed by atoms with Crippen molar-refractivity contribution < 1.29 is 14.4 Å². The Kier molecular flexibility index (Phi) is 4.72. The molecule has 0 bridgehead atoms. The number of benzene rings is 1. The first-order chi connectivity index (χ1) is 8.85.